The van der Waals surface area contributed by atoms with Crippen LogP contribution in [-0.4, -0.2) is 44.3 Å². The van der Waals surface area contributed by atoms with Gasteiger partial charge in [-0.2, -0.15) is 4.31 Å². The second-order valence-electron chi connectivity index (χ2n) is 3.35. The van der Waals surface area contributed by atoms with Crippen molar-refractivity contribution in [3.63, 3.8) is 0 Å². The molecule has 1 rings (SSSR count). The van der Waals surface area contributed by atoms with Crippen LogP contribution in [-0.2, 0) is 14.8 Å². The first-order valence-corrected chi connectivity index (χ1v) is 6.17. The van der Waals surface area contributed by atoms with Gasteiger partial charge in [-0.05, 0) is 20.3 Å². The Bertz CT molecular complexity index is 263. The Morgan fingerprint density at radius 3 is 2.54 bits per heavy atom. The number of hydrogen-bond donors (Lipinski definition) is 0. The summed E-state index contributed by atoms with van der Waals surface area (Å²) in [4.78, 5) is 0. The molecule has 1 fully saturated rings. The quantitative estimate of drug-likeness (QED) is 0.675. The molecule has 2 unspecified atom stereocenters. The molecule has 1 aliphatic rings. The second-order valence-corrected chi connectivity index (χ2v) is 5.67. The first-order valence-electron chi connectivity index (χ1n) is 4.56. The van der Waals surface area contributed by atoms with Crippen molar-refractivity contribution in [2.75, 3.05) is 19.4 Å². The number of nitrogens with zero attached hydrogens (tertiary/aromatic N) is 1. The van der Waals surface area contributed by atoms with Crippen molar-refractivity contribution in [1.29, 1.82) is 0 Å². The lowest BCUT2D eigenvalue weighted by molar-refractivity contribution is 0.102. The molecule has 1 aliphatic heterocycles. The van der Waals surface area contributed by atoms with Crippen LogP contribution in [0.5, 0.6) is 0 Å². The van der Waals surface area contributed by atoms with E-state index in [0.717, 1.165) is 6.42 Å². The number of sulfonamides is 1. The van der Waals surface area contributed by atoms with E-state index in [0.29, 0.717) is 6.61 Å². The van der Waals surface area contributed by atoms with Crippen molar-refractivity contribution < 1.29 is 13.2 Å². The Balaban J connectivity index is 2.72. The van der Waals surface area contributed by atoms with Crippen molar-refractivity contribution in [2.24, 2.45) is 0 Å². The van der Waals surface area contributed by atoms with Crippen LogP contribution in [0.3, 0.4) is 0 Å². The van der Waals surface area contributed by atoms with E-state index in [1.54, 1.807) is 14.0 Å². The molecule has 0 aromatic carbocycles. The molecule has 0 spiro atoms. The summed E-state index contributed by atoms with van der Waals surface area (Å²) in [5, 5.41) is 0. The van der Waals surface area contributed by atoms with Crippen LogP contribution in [0, 0.1) is 0 Å². The second kappa shape index (κ2) is 3.94. The highest BCUT2D eigenvalue weighted by Gasteiger charge is 2.33. The number of ether oxygens (including phenoxy) is 1. The number of rotatable bonds is 3. The van der Waals surface area contributed by atoms with Gasteiger partial charge in [-0.15, -0.1) is 0 Å². The van der Waals surface area contributed by atoms with E-state index in [-0.39, 0.29) is 17.9 Å². The Labute approximate surface area is 79.9 Å². The largest absolute Gasteiger partial charge is 0.377 e. The molecule has 2 atom stereocenters. The van der Waals surface area contributed by atoms with Gasteiger partial charge < -0.3 is 4.74 Å². The zero-order valence-corrected chi connectivity index (χ0v) is 9.17. The summed E-state index contributed by atoms with van der Waals surface area (Å²) < 4.78 is 29.8. The van der Waals surface area contributed by atoms with Crippen LogP contribution in [0.4, 0.5) is 0 Å². The minimum Gasteiger partial charge on any atom is -0.377 e. The highest BCUT2D eigenvalue weighted by atomic mass is 32.2. The monoisotopic (exact) mass is 207 g/mol. The van der Waals surface area contributed by atoms with E-state index in [1.807, 2.05) is 6.92 Å². The van der Waals surface area contributed by atoms with Crippen molar-refractivity contribution in [3.05, 3.63) is 0 Å². The highest BCUT2D eigenvalue weighted by molar-refractivity contribution is 7.89. The predicted molar refractivity (Wildman–Crippen MR) is 51.0 cm³/mol. The van der Waals surface area contributed by atoms with E-state index in [2.05, 4.69) is 0 Å². The van der Waals surface area contributed by atoms with Crippen LogP contribution in [0.15, 0.2) is 0 Å². The first kappa shape index (κ1) is 10.9. The molecule has 13 heavy (non-hydrogen) atoms. The zero-order valence-electron chi connectivity index (χ0n) is 8.36. The number of hydrogen-bond acceptors (Lipinski definition) is 3. The minimum absolute atomic E-state index is 0.0185. The molecule has 0 aromatic heterocycles. The fraction of sp³-hybridized carbons (Fsp3) is 1.00. The maximum absolute atomic E-state index is 11.5. The molecule has 78 valence electrons. The van der Waals surface area contributed by atoms with Gasteiger partial charge in [0.15, 0.2) is 0 Å². The third kappa shape index (κ3) is 2.21. The van der Waals surface area contributed by atoms with Crippen LogP contribution in [0.1, 0.15) is 20.3 Å². The Morgan fingerprint density at radius 2 is 2.15 bits per heavy atom. The summed E-state index contributed by atoms with van der Waals surface area (Å²) in [6, 6.07) is 0.0185. The van der Waals surface area contributed by atoms with Gasteiger partial charge in [0, 0.05) is 13.7 Å². The standard InChI is InChI=1S/C8H17NO3S/c1-4-13(10,11)9(3)8-5-6-12-7(8)2/h7-8H,4-6H2,1-3H3. The molecule has 4 nitrogen and oxygen atoms in total. The Morgan fingerprint density at radius 1 is 1.54 bits per heavy atom. The fourth-order valence-electron chi connectivity index (χ4n) is 1.61. The summed E-state index contributed by atoms with van der Waals surface area (Å²) in [5.74, 6) is 0.159. The average Bonchev–Trinajstić information content (AvgIpc) is 2.50. The third-order valence-corrected chi connectivity index (χ3v) is 4.48. The van der Waals surface area contributed by atoms with Gasteiger partial charge in [0.1, 0.15) is 0 Å². The van der Waals surface area contributed by atoms with E-state index >= 15 is 0 Å². The van der Waals surface area contributed by atoms with Crippen molar-refractivity contribution in [1.82, 2.24) is 4.31 Å². The van der Waals surface area contributed by atoms with Gasteiger partial charge in [-0.25, -0.2) is 8.42 Å². The molecule has 1 heterocycles. The normalized spacial score (nSPS) is 29.8. The summed E-state index contributed by atoms with van der Waals surface area (Å²) in [5.41, 5.74) is 0. The van der Waals surface area contributed by atoms with Crippen molar-refractivity contribution >= 4 is 10.0 Å². The molecule has 5 heteroatoms. The van der Waals surface area contributed by atoms with Gasteiger partial charge in [-0.1, -0.05) is 0 Å². The van der Waals surface area contributed by atoms with Crippen molar-refractivity contribution in [2.45, 2.75) is 32.4 Å². The van der Waals surface area contributed by atoms with Crippen LogP contribution < -0.4 is 0 Å². The Hall–Kier alpha value is -0.130. The summed E-state index contributed by atoms with van der Waals surface area (Å²) >= 11 is 0. The van der Waals surface area contributed by atoms with Gasteiger partial charge in [0.25, 0.3) is 0 Å². The summed E-state index contributed by atoms with van der Waals surface area (Å²) in [6.45, 7) is 4.24. The minimum atomic E-state index is -3.06. The molecule has 1 saturated heterocycles. The van der Waals surface area contributed by atoms with Crippen molar-refractivity contribution in [3.8, 4) is 0 Å². The van der Waals surface area contributed by atoms with Crippen LogP contribution in [0.25, 0.3) is 0 Å². The van der Waals surface area contributed by atoms with Crippen LogP contribution in [0.2, 0.25) is 0 Å². The third-order valence-electron chi connectivity index (χ3n) is 2.61. The molecule has 0 aromatic rings. The van der Waals surface area contributed by atoms with Gasteiger partial charge in [0.05, 0.1) is 17.9 Å². The number of likely N-dealkylation sites (N-methyl/N-ethyl adjacent to an activating group) is 1. The predicted octanol–water partition coefficient (Wildman–Crippen LogP) is 0.445. The first-order chi connectivity index (χ1) is 5.99. The lowest BCUT2D eigenvalue weighted by atomic mass is 10.2. The highest BCUT2D eigenvalue weighted by Crippen LogP contribution is 2.20. The maximum atomic E-state index is 11.5. The SMILES string of the molecule is CCS(=O)(=O)N(C)C1CCOC1C. The summed E-state index contributed by atoms with van der Waals surface area (Å²) in [7, 11) is -1.43. The zero-order chi connectivity index (χ0) is 10.1. The molecular weight excluding hydrogens is 190 g/mol. The molecular formula is C8H17NO3S. The lowest BCUT2D eigenvalue weighted by Gasteiger charge is -2.25. The molecule has 0 radical (unpaired) electrons. The van der Waals surface area contributed by atoms with Gasteiger partial charge in [0.2, 0.25) is 10.0 Å². The van der Waals surface area contributed by atoms with E-state index in [1.165, 1.54) is 4.31 Å². The fourth-order valence-corrected chi connectivity index (χ4v) is 2.70. The van der Waals surface area contributed by atoms with Gasteiger partial charge >= 0.3 is 0 Å². The van der Waals surface area contributed by atoms with Gasteiger partial charge in [-0.3, -0.25) is 0 Å². The summed E-state index contributed by atoms with van der Waals surface area (Å²) in [6.07, 6.45) is 0.822. The average molecular weight is 207 g/mol. The molecule has 0 amide bonds. The van der Waals surface area contributed by atoms with E-state index in [4.69, 9.17) is 4.74 Å². The van der Waals surface area contributed by atoms with E-state index < -0.39 is 10.0 Å². The maximum Gasteiger partial charge on any atom is 0.213 e. The smallest absolute Gasteiger partial charge is 0.213 e. The van der Waals surface area contributed by atoms with E-state index in [9.17, 15) is 8.42 Å². The molecule has 0 bridgehead atoms. The molecule has 0 N–H and O–H groups in total. The molecule has 0 aliphatic carbocycles. The lowest BCUT2D eigenvalue weighted by Crippen LogP contribution is -2.41. The van der Waals surface area contributed by atoms with Crippen LogP contribution >= 0.6 is 0 Å². The Kier molecular flexibility index (Phi) is 3.32. The molecule has 0 saturated carbocycles. The topological polar surface area (TPSA) is 46.6 Å².